The summed E-state index contributed by atoms with van der Waals surface area (Å²) in [6, 6.07) is 15.9. The van der Waals surface area contributed by atoms with Crippen molar-refractivity contribution in [3.8, 4) is 0 Å². The molecule has 2 heterocycles. The van der Waals surface area contributed by atoms with E-state index in [-0.39, 0.29) is 19.1 Å². The number of hydrogen-bond acceptors (Lipinski definition) is 4. The molecular weight excluding hydrogens is 380 g/mol. The van der Waals surface area contributed by atoms with Crippen LogP contribution in [0.3, 0.4) is 0 Å². The molecule has 1 atom stereocenters. The number of imide groups is 1. The first-order valence-electron chi connectivity index (χ1n) is 8.81. The van der Waals surface area contributed by atoms with Crippen LogP contribution in [0.5, 0.6) is 0 Å². The largest absolute Gasteiger partial charge is 0.329 e. The lowest BCUT2D eigenvalue weighted by Gasteiger charge is -2.23. The number of nitrogens with one attached hydrogen (secondary N) is 1. The third-order valence-electron chi connectivity index (χ3n) is 4.76. The molecule has 1 fully saturated rings. The Morgan fingerprint density at radius 3 is 2.46 bits per heavy atom. The fraction of sp³-hybridized carbons (Fsp3) is 0.200. The Morgan fingerprint density at radius 2 is 1.82 bits per heavy atom. The van der Waals surface area contributed by atoms with Gasteiger partial charge in [0.05, 0.1) is 18.3 Å². The van der Waals surface area contributed by atoms with Crippen LogP contribution in [0.2, 0.25) is 5.02 Å². The zero-order valence-electron chi connectivity index (χ0n) is 14.8. The van der Waals surface area contributed by atoms with Gasteiger partial charge < -0.3 is 5.32 Å². The molecule has 2 aliphatic heterocycles. The molecule has 0 radical (unpaired) electrons. The number of halogens is 1. The lowest BCUT2D eigenvalue weighted by Crippen LogP contribution is -2.41. The molecule has 2 aromatic rings. The van der Waals surface area contributed by atoms with Gasteiger partial charge in [0.1, 0.15) is 6.54 Å². The maximum atomic E-state index is 12.9. The van der Waals surface area contributed by atoms with Crippen molar-refractivity contribution in [2.75, 3.05) is 13.1 Å². The zero-order chi connectivity index (χ0) is 19.7. The van der Waals surface area contributed by atoms with E-state index in [9.17, 15) is 14.4 Å². The Bertz CT molecular complexity index is 943. The second kappa shape index (κ2) is 7.44. The van der Waals surface area contributed by atoms with Crippen LogP contribution in [0.25, 0.3) is 0 Å². The second-order valence-electron chi connectivity index (χ2n) is 6.56. The lowest BCUT2D eigenvalue weighted by atomic mass is 9.98. The summed E-state index contributed by atoms with van der Waals surface area (Å²) in [4.78, 5) is 37.5. The first-order chi connectivity index (χ1) is 13.5. The van der Waals surface area contributed by atoms with Gasteiger partial charge in [-0.25, -0.2) is 9.80 Å². The third-order valence-corrected chi connectivity index (χ3v) is 5.01. The predicted molar refractivity (Wildman–Crippen MR) is 104 cm³/mol. The van der Waals surface area contributed by atoms with Crippen LogP contribution in [0.4, 0.5) is 4.79 Å². The number of nitrogens with zero attached hydrogens (tertiary/aromatic N) is 3. The monoisotopic (exact) mass is 396 g/mol. The normalized spacial score (nSPS) is 19.0. The summed E-state index contributed by atoms with van der Waals surface area (Å²) in [5.74, 6) is -0.843. The molecule has 1 saturated heterocycles. The smallest absolute Gasteiger partial charge is 0.325 e. The first kappa shape index (κ1) is 18.2. The number of rotatable bonds is 4. The molecule has 2 aliphatic rings. The van der Waals surface area contributed by atoms with Gasteiger partial charge in [0.2, 0.25) is 0 Å². The molecule has 7 nitrogen and oxygen atoms in total. The first-order valence-corrected chi connectivity index (χ1v) is 9.19. The van der Waals surface area contributed by atoms with Gasteiger partial charge in [-0.2, -0.15) is 5.10 Å². The molecule has 2 aromatic carbocycles. The van der Waals surface area contributed by atoms with Crippen LogP contribution in [0.15, 0.2) is 59.7 Å². The Kier molecular flexibility index (Phi) is 4.83. The van der Waals surface area contributed by atoms with Crippen LogP contribution < -0.4 is 5.32 Å². The minimum absolute atomic E-state index is 0.0920. The number of hydrazone groups is 1. The Morgan fingerprint density at radius 1 is 1.11 bits per heavy atom. The molecular formula is C20H17ClN4O3. The Hall–Kier alpha value is -3.19. The fourth-order valence-corrected chi connectivity index (χ4v) is 3.44. The van der Waals surface area contributed by atoms with Gasteiger partial charge in [-0.05, 0) is 23.3 Å². The summed E-state index contributed by atoms with van der Waals surface area (Å²) in [5.41, 5.74) is 2.57. The van der Waals surface area contributed by atoms with Crippen LogP contribution in [-0.2, 0) is 9.59 Å². The van der Waals surface area contributed by atoms with E-state index in [1.165, 1.54) is 5.01 Å². The molecule has 8 heteroatoms. The highest BCUT2D eigenvalue weighted by molar-refractivity contribution is 6.30. The number of hydrogen-bond donors (Lipinski definition) is 1. The quantitative estimate of drug-likeness (QED) is 0.806. The molecule has 0 aliphatic carbocycles. The van der Waals surface area contributed by atoms with E-state index in [0.717, 1.165) is 21.7 Å². The minimum Gasteiger partial charge on any atom is -0.329 e. The topological polar surface area (TPSA) is 82.1 Å². The molecule has 0 bridgehead atoms. The number of carbonyl (C=O) groups excluding carboxylic acids is 3. The highest BCUT2D eigenvalue weighted by Gasteiger charge is 2.37. The summed E-state index contributed by atoms with van der Waals surface area (Å²) in [6.07, 6.45) is 0.525. The van der Waals surface area contributed by atoms with Crippen molar-refractivity contribution in [1.82, 2.24) is 15.2 Å². The summed E-state index contributed by atoms with van der Waals surface area (Å²) in [6.45, 7) is -0.439. The summed E-state index contributed by atoms with van der Waals surface area (Å²) >= 11 is 5.99. The van der Waals surface area contributed by atoms with Crippen molar-refractivity contribution in [3.05, 3.63) is 70.7 Å². The van der Waals surface area contributed by atoms with Crippen LogP contribution >= 0.6 is 11.6 Å². The van der Waals surface area contributed by atoms with Gasteiger partial charge in [-0.1, -0.05) is 54.1 Å². The van der Waals surface area contributed by atoms with E-state index in [1.54, 1.807) is 12.1 Å². The molecule has 4 rings (SSSR count). The Labute approximate surface area is 166 Å². The van der Waals surface area contributed by atoms with Gasteiger partial charge in [0.25, 0.3) is 11.8 Å². The number of urea groups is 1. The SMILES string of the molecule is O=C1CNC(=O)N1CC(=O)N1N=C(c2ccccc2)C[C@@H]1c1ccc(Cl)cc1. The summed E-state index contributed by atoms with van der Waals surface area (Å²) in [7, 11) is 0. The van der Waals surface area contributed by atoms with Gasteiger partial charge in [-0.3, -0.25) is 14.5 Å². The highest BCUT2D eigenvalue weighted by Crippen LogP contribution is 2.33. The summed E-state index contributed by atoms with van der Waals surface area (Å²) in [5, 5.41) is 8.91. The second-order valence-corrected chi connectivity index (χ2v) is 7.00. The van der Waals surface area contributed by atoms with Gasteiger partial charge in [0.15, 0.2) is 0 Å². The van der Waals surface area contributed by atoms with Crippen LogP contribution in [-0.4, -0.2) is 46.6 Å². The minimum atomic E-state index is -0.562. The van der Waals surface area contributed by atoms with Gasteiger partial charge >= 0.3 is 6.03 Å². The van der Waals surface area contributed by atoms with Crippen molar-refractivity contribution in [2.24, 2.45) is 5.10 Å². The number of amides is 4. The average molecular weight is 397 g/mol. The fourth-order valence-electron chi connectivity index (χ4n) is 3.31. The highest BCUT2D eigenvalue weighted by atomic mass is 35.5. The van der Waals surface area contributed by atoms with E-state index in [1.807, 2.05) is 42.5 Å². The van der Waals surface area contributed by atoms with Gasteiger partial charge in [0, 0.05) is 11.4 Å². The van der Waals surface area contributed by atoms with Gasteiger partial charge in [-0.15, -0.1) is 0 Å². The van der Waals surface area contributed by atoms with E-state index in [4.69, 9.17) is 11.6 Å². The Balaban J connectivity index is 1.63. The number of benzene rings is 2. The van der Waals surface area contributed by atoms with E-state index in [2.05, 4.69) is 10.4 Å². The molecule has 0 spiro atoms. The molecule has 0 unspecified atom stereocenters. The van der Waals surface area contributed by atoms with Crippen molar-refractivity contribution < 1.29 is 14.4 Å². The standard InChI is InChI=1S/C20H17ClN4O3/c21-15-8-6-14(7-9-15)17-10-16(13-4-2-1-3-5-13)23-25(17)19(27)12-24-18(26)11-22-20(24)28/h1-9,17H,10-12H2,(H,22,28)/t17-/m1/s1. The predicted octanol–water partition coefficient (Wildman–Crippen LogP) is 2.57. The maximum Gasteiger partial charge on any atom is 0.325 e. The molecule has 0 aromatic heterocycles. The van der Waals surface area contributed by atoms with E-state index in [0.29, 0.717) is 11.4 Å². The lowest BCUT2D eigenvalue weighted by molar-refractivity contribution is -0.137. The van der Waals surface area contributed by atoms with E-state index < -0.39 is 17.8 Å². The van der Waals surface area contributed by atoms with Crippen molar-refractivity contribution in [3.63, 3.8) is 0 Å². The van der Waals surface area contributed by atoms with Crippen LogP contribution in [0, 0.1) is 0 Å². The van der Waals surface area contributed by atoms with Crippen molar-refractivity contribution in [1.29, 1.82) is 0 Å². The number of carbonyl (C=O) groups is 3. The average Bonchev–Trinajstić information content (AvgIpc) is 3.29. The summed E-state index contributed by atoms with van der Waals surface area (Å²) < 4.78 is 0. The molecule has 0 saturated carbocycles. The third kappa shape index (κ3) is 3.48. The van der Waals surface area contributed by atoms with Crippen LogP contribution in [0.1, 0.15) is 23.6 Å². The zero-order valence-corrected chi connectivity index (χ0v) is 15.6. The van der Waals surface area contributed by atoms with E-state index >= 15 is 0 Å². The molecule has 4 amide bonds. The van der Waals surface area contributed by atoms with Crippen molar-refractivity contribution in [2.45, 2.75) is 12.5 Å². The van der Waals surface area contributed by atoms with Crippen molar-refractivity contribution >= 4 is 35.2 Å². The maximum absolute atomic E-state index is 12.9. The molecule has 28 heavy (non-hydrogen) atoms. The molecule has 1 N–H and O–H groups in total. The molecule has 142 valence electrons.